The maximum Gasteiger partial charge on any atom is 0.193 e. The molecule has 3 rings (SSSR count). The van der Waals surface area contributed by atoms with E-state index in [1.54, 1.807) is 5.57 Å². The van der Waals surface area contributed by atoms with Crippen LogP contribution in [0.1, 0.15) is 86.5 Å². The van der Waals surface area contributed by atoms with Crippen molar-refractivity contribution in [1.29, 1.82) is 0 Å². The fraction of sp³-hybridized carbons (Fsp3) is 0.846. The Kier molecular flexibility index (Phi) is 6.76. The lowest BCUT2D eigenvalue weighted by molar-refractivity contribution is 0.0791. The van der Waals surface area contributed by atoms with Gasteiger partial charge in [0.05, 0.1) is 5.60 Å². The van der Waals surface area contributed by atoms with Crippen LogP contribution in [0.5, 0.6) is 0 Å². The van der Waals surface area contributed by atoms with E-state index in [0.29, 0.717) is 11.3 Å². The summed E-state index contributed by atoms with van der Waals surface area (Å²) >= 11 is 3.67. The van der Waals surface area contributed by atoms with E-state index in [0.717, 1.165) is 17.8 Å². The van der Waals surface area contributed by atoms with Gasteiger partial charge in [0, 0.05) is 0 Å². The summed E-state index contributed by atoms with van der Waals surface area (Å²) < 4.78 is 6.86. The van der Waals surface area contributed by atoms with Crippen molar-refractivity contribution < 1.29 is 4.43 Å². The standard InChI is InChI=1S/C26H45BrOSi/c1-19(22-11-12-23-21(18-27)10-9-14-26(22,23)6)16-20-13-15-25(5,17-20)28-29(7,8)24(2,3)4/h13,15,18-20,22-23H,9-12,14,16-17H2,1-8H3/t19-,20-,22-,23?,25+,26+/m1/s1. The molecule has 3 aliphatic rings. The molecular weight excluding hydrogens is 436 g/mol. The Morgan fingerprint density at radius 2 is 1.97 bits per heavy atom. The van der Waals surface area contributed by atoms with Crippen molar-refractivity contribution in [3.05, 3.63) is 22.7 Å². The lowest BCUT2D eigenvalue weighted by Crippen LogP contribution is -2.47. The topological polar surface area (TPSA) is 9.23 Å². The third-order valence-corrected chi connectivity index (χ3v) is 14.4. The number of fused-ring (bicyclic) bond motifs is 1. The highest BCUT2D eigenvalue weighted by molar-refractivity contribution is 9.11. The second-order valence-corrected chi connectivity index (χ2v) is 17.7. The number of allylic oxidation sites excluding steroid dienone is 2. The first kappa shape index (κ1) is 23.8. The summed E-state index contributed by atoms with van der Waals surface area (Å²) in [5, 5.41) is 0.268. The minimum atomic E-state index is -1.75. The average molecular weight is 482 g/mol. The van der Waals surface area contributed by atoms with Crippen molar-refractivity contribution in [2.24, 2.45) is 29.1 Å². The molecule has 0 spiro atoms. The predicted octanol–water partition coefficient (Wildman–Crippen LogP) is 8.86. The van der Waals surface area contributed by atoms with Crippen LogP contribution in [0, 0.1) is 29.1 Å². The summed E-state index contributed by atoms with van der Waals surface area (Å²) in [6.45, 7) is 19.3. The van der Waals surface area contributed by atoms with E-state index >= 15 is 0 Å². The first-order valence-corrected chi connectivity index (χ1v) is 15.8. The van der Waals surface area contributed by atoms with Crippen LogP contribution in [0.25, 0.3) is 0 Å². The zero-order chi connectivity index (χ0) is 21.7. The molecule has 3 heteroatoms. The van der Waals surface area contributed by atoms with Gasteiger partial charge in [0.15, 0.2) is 8.32 Å². The SMILES string of the molecule is C[C@H](C[C@H]1C=C[C@](C)(O[Si](C)(C)C(C)(C)C)C1)[C@H]1CCC2C(=CBr)CCC[C@]21C. The number of rotatable bonds is 5. The van der Waals surface area contributed by atoms with Crippen molar-refractivity contribution in [1.82, 2.24) is 0 Å². The second-order valence-electron chi connectivity index (χ2n) is 12.5. The van der Waals surface area contributed by atoms with Gasteiger partial charge in [-0.2, -0.15) is 0 Å². The Morgan fingerprint density at radius 3 is 2.59 bits per heavy atom. The van der Waals surface area contributed by atoms with Gasteiger partial charge in [-0.15, -0.1) is 0 Å². The van der Waals surface area contributed by atoms with Crippen LogP contribution >= 0.6 is 15.9 Å². The molecule has 0 N–H and O–H groups in total. The van der Waals surface area contributed by atoms with Gasteiger partial charge < -0.3 is 4.43 Å². The van der Waals surface area contributed by atoms with Gasteiger partial charge in [0.25, 0.3) is 0 Å². The summed E-state index contributed by atoms with van der Waals surface area (Å²) in [7, 11) is -1.75. The monoisotopic (exact) mass is 480 g/mol. The Bertz CT molecular complexity index is 660. The van der Waals surface area contributed by atoms with Gasteiger partial charge in [-0.25, -0.2) is 0 Å². The highest BCUT2D eigenvalue weighted by atomic mass is 79.9. The van der Waals surface area contributed by atoms with Crippen molar-refractivity contribution in [2.45, 2.75) is 110 Å². The molecule has 2 saturated carbocycles. The summed E-state index contributed by atoms with van der Waals surface area (Å²) in [5.74, 6) is 3.16. The van der Waals surface area contributed by atoms with Crippen molar-refractivity contribution in [2.75, 3.05) is 0 Å². The van der Waals surface area contributed by atoms with Crippen molar-refractivity contribution in [3.63, 3.8) is 0 Å². The van der Waals surface area contributed by atoms with Crippen LogP contribution in [0.3, 0.4) is 0 Å². The molecule has 1 nitrogen and oxygen atoms in total. The Balaban J connectivity index is 1.63. The fourth-order valence-electron chi connectivity index (χ4n) is 6.76. The van der Waals surface area contributed by atoms with E-state index in [4.69, 9.17) is 4.43 Å². The average Bonchev–Trinajstić information content (AvgIpc) is 3.12. The molecule has 166 valence electrons. The molecular formula is C26H45BrOSi. The third kappa shape index (κ3) is 4.67. The number of hydrogen-bond donors (Lipinski definition) is 0. The molecule has 0 saturated heterocycles. The van der Waals surface area contributed by atoms with Gasteiger partial charge in [0.1, 0.15) is 0 Å². The van der Waals surface area contributed by atoms with Crippen LogP contribution < -0.4 is 0 Å². The molecule has 1 unspecified atom stereocenters. The zero-order valence-corrected chi connectivity index (χ0v) is 22.9. The van der Waals surface area contributed by atoms with Crippen LogP contribution in [-0.4, -0.2) is 13.9 Å². The lowest BCUT2D eigenvalue weighted by Gasteiger charge is -2.45. The summed E-state index contributed by atoms with van der Waals surface area (Å²) in [5.41, 5.74) is 2.14. The fourth-order valence-corrected chi connectivity index (χ4v) is 8.93. The molecule has 3 aliphatic carbocycles. The van der Waals surface area contributed by atoms with Crippen molar-refractivity contribution in [3.8, 4) is 0 Å². The molecule has 6 atom stereocenters. The summed E-state index contributed by atoms with van der Waals surface area (Å²) in [4.78, 5) is 2.26. The van der Waals surface area contributed by atoms with Crippen LogP contribution in [-0.2, 0) is 4.43 Å². The van der Waals surface area contributed by atoms with E-state index < -0.39 is 8.32 Å². The molecule has 0 aromatic heterocycles. The minimum Gasteiger partial charge on any atom is -0.408 e. The largest absolute Gasteiger partial charge is 0.408 e. The maximum atomic E-state index is 6.86. The molecule has 0 amide bonds. The van der Waals surface area contributed by atoms with E-state index in [-0.39, 0.29) is 10.6 Å². The first-order chi connectivity index (χ1) is 13.3. The highest BCUT2D eigenvalue weighted by Gasteiger charge is 2.51. The third-order valence-electron chi connectivity index (χ3n) is 9.22. The quantitative estimate of drug-likeness (QED) is 0.281. The molecule has 0 bridgehead atoms. The van der Waals surface area contributed by atoms with E-state index in [1.165, 1.54) is 44.9 Å². The molecule has 29 heavy (non-hydrogen) atoms. The Hall–Kier alpha value is 0.137. The summed E-state index contributed by atoms with van der Waals surface area (Å²) in [6.07, 6.45) is 14.3. The predicted molar refractivity (Wildman–Crippen MR) is 133 cm³/mol. The molecule has 0 heterocycles. The van der Waals surface area contributed by atoms with Gasteiger partial charge in [-0.3, -0.25) is 0 Å². The molecule has 0 aliphatic heterocycles. The van der Waals surface area contributed by atoms with E-state index in [9.17, 15) is 0 Å². The maximum absolute atomic E-state index is 6.86. The zero-order valence-electron chi connectivity index (χ0n) is 20.3. The number of halogens is 1. The van der Waals surface area contributed by atoms with Gasteiger partial charge >= 0.3 is 0 Å². The normalized spacial score (nSPS) is 40.4. The summed E-state index contributed by atoms with van der Waals surface area (Å²) in [6, 6.07) is 0. The van der Waals surface area contributed by atoms with Crippen LogP contribution in [0.2, 0.25) is 18.1 Å². The molecule has 0 radical (unpaired) electrons. The van der Waals surface area contributed by atoms with Gasteiger partial charge in [0.2, 0.25) is 0 Å². The number of hydrogen-bond acceptors (Lipinski definition) is 1. The van der Waals surface area contributed by atoms with Gasteiger partial charge in [-0.1, -0.05) is 68.3 Å². The minimum absolute atomic E-state index is 0.0633. The van der Waals surface area contributed by atoms with E-state index in [1.807, 2.05) is 0 Å². The smallest absolute Gasteiger partial charge is 0.193 e. The Labute approximate surface area is 190 Å². The first-order valence-electron chi connectivity index (χ1n) is 12.0. The van der Waals surface area contributed by atoms with Crippen LogP contribution in [0.15, 0.2) is 22.7 Å². The highest BCUT2D eigenvalue weighted by Crippen LogP contribution is 2.60. The van der Waals surface area contributed by atoms with Crippen LogP contribution in [0.4, 0.5) is 0 Å². The molecule has 0 aromatic rings. The van der Waals surface area contributed by atoms with Crippen molar-refractivity contribution >= 4 is 24.2 Å². The second kappa shape index (κ2) is 8.24. The lowest BCUT2D eigenvalue weighted by atomic mass is 9.61. The molecule has 0 aromatic carbocycles. The molecule has 2 fully saturated rings. The Morgan fingerprint density at radius 1 is 1.28 bits per heavy atom. The van der Waals surface area contributed by atoms with E-state index in [2.05, 4.69) is 87.7 Å². The van der Waals surface area contributed by atoms with Gasteiger partial charge in [-0.05, 0) is 104 Å².